The summed E-state index contributed by atoms with van der Waals surface area (Å²) in [6.45, 7) is 11.1. The monoisotopic (exact) mass is 454 g/mol. The third-order valence-corrected chi connectivity index (χ3v) is 7.23. The van der Waals surface area contributed by atoms with Crippen molar-refractivity contribution in [2.45, 2.75) is 52.6 Å². The topological polar surface area (TPSA) is 48.8 Å². The van der Waals surface area contributed by atoms with E-state index < -0.39 is 0 Å². The maximum absolute atomic E-state index is 14.2. The average molecular weight is 455 g/mol. The van der Waals surface area contributed by atoms with E-state index in [0.29, 0.717) is 49.9 Å². The van der Waals surface area contributed by atoms with E-state index >= 15 is 0 Å². The lowest BCUT2D eigenvalue weighted by molar-refractivity contribution is 0.0742. The molecule has 6 nitrogen and oxygen atoms in total. The zero-order chi connectivity index (χ0) is 23.5. The molecule has 2 aliphatic heterocycles. The third kappa shape index (κ3) is 4.69. The molecular formula is C26H35FN4O2. The molecule has 0 saturated carbocycles. The minimum absolute atomic E-state index is 0.194. The Morgan fingerprint density at radius 1 is 1.09 bits per heavy atom. The molecule has 1 aromatic heterocycles. The predicted octanol–water partition coefficient (Wildman–Crippen LogP) is 3.30. The number of likely N-dealkylation sites (N-methyl/N-ethyl adjacent to an activating group) is 1. The number of hydrogen-bond donors (Lipinski definition) is 0. The van der Waals surface area contributed by atoms with Crippen LogP contribution >= 0.6 is 0 Å². The van der Waals surface area contributed by atoms with Gasteiger partial charge in [0, 0.05) is 56.2 Å². The highest BCUT2D eigenvalue weighted by Gasteiger charge is 2.29. The highest BCUT2D eigenvalue weighted by molar-refractivity contribution is 5.95. The SMILES string of the molecule is CCc1c(C(=O)N2CCN(c3ccccc3F)CC2)c(=O)cc(C)n1C[C@H]1CCCN1CC. The number of carbonyl (C=O) groups excluding carboxylic acids is 1. The van der Waals surface area contributed by atoms with Crippen LogP contribution in [0.1, 0.15) is 48.4 Å². The van der Waals surface area contributed by atoms with Gasteiger partial charge in [0.05, 0.1) is 5.69 Å². The summed E-state index contributed by atoms with van der Waals surface area (Å²) in [5.74, 6) is -0.447. The Balaban J connectivity index is 1.56. The van der Waals surface area contributed by atoms with Crippen molar-refractivity contribution >= 4 is 11.6 Å². The van der Waals surface area contributed by atoms with Crippen LogP contribution in [0.4, 0.5) is 10.1 Å². The van der Waals surface area contributed by atoms with Crippen LogP contribution in [0.2, 0.25) is 0 Å². The van der Waals surface area contributed by atoms with Crippen molar-refractivity contribution in [3.05, 3.63) is 63.3 Å². The van der Waals surface area contributed by atoms with Crippen LogP contribution in [-0.2, 0) is 13.0 Å². The van der Waals surface area contributed by atoms with Gasteiger partial charge in [0.2, 0.25) is 0 Å². The first-order valence-corrected chi connectivity index (χ1v) is 12.2. The molecule has 0 N–H and O–H groups in total. The van der Waals surface area contributed by atoms with Gasteiger partial charge in [-0.3, -0.25) is 14.5 Å². The fourth-order valence-electron chi connectivity index (χ4n) is 5.43. The molecule has 0 bridgehead atoms. The maximum Gasteiger partial charge on any atom is 0.259 e. The third-order valence-electron chi connectivity index (χ3n) is 7.23. The van der Waals surface area contributed by atoms with Crippen molar-refractivity contribution in [3.8, 4) is 0 Å². The largest absolute Gasteiger partial charge is 0.366 e. The zero-order valence-corrected chi connectivity index (χ0v) is 20.0. The summed E-state index contributed by atoms with van der Waals surface area (Å²) in [5.41, 5.74) is 2.43. The molecule has 2 aliphatic rings. The van der Waals surface area contributed by atoms with Crippen molar-refractivity contribution in [1.29, 1.82) is 0 Å². The number of halogens is 1. The number of piperazine rings is 1. The standard InChI is InChI=1S/C26H35FN4O2/c1-4-22-25(24(32)17-19(3)31(22)18-20-9-8-12-28(20)5-2)26(33)30-15-13-29(14-16-30)23-11-7-6-10-21(23)27/h6-7,10-11,17,20H,4-5,8-9,12-16,18H2,1-3H3/t20-/m1/s1. The Labute approximate surface area is 195 Å². The van der Waals surface area contributed by atoms with Crippen molar-refractivity contribution in [2.24, 2.45) is 0 Å². The average Bonchev–Trinajstić information content (AvgIpc) is 3.28. The van der Waals surface area contributed by atoms with Crippen LogP contribution in [0.3, 0.4) is 0 Å². The number of rotatable bonds is 6. The number of para-hydroxylation sites is 1. The van der Waals surface area contributed by atoms with E-state index in [1.165, 1.54) is 12.5 Å². The molecule has 2 aromatic rings. The molecule has 2 saturated heterocycles. The normalized spacial score (nSPS) is 19.3. The van der Waals surface area contributed by atoms with Gasteiger partial charge in [-0.2, -0.15) is 0 Å². The molecule has 2 fully saturated rings. The lowest BCUT2D eigenvalue weighted by Crippen LogP contribution is -2.50. The summed E-state index contributed by atoms with van der Waals surface area (Å²) in [4.78, 5) is 32.8. The number of likely N-dealkylation sites (tertiary alicyclic amines) is 1. The second kappa shape index (κ2) is 10.1. The molecule has 0 spiro atoms. The van der Waals surface area contributed by atoms with Gasteiger partial charge in [-0.25, -0.2) is 4.39 Å². The van der Waals surface area contributed by atoms with E-state index in [4.69, 9.17) is 0 Å². The summed E-state index contributed by atoms with van der Waals surface area (Å²) in [5, 5.41) is 0. The van der Waals surface area contributed by atoms with Crippen LogP contribution in [0.15, 0.2) is 35.1 Å². The van der Waals surface area contributed by atoms with Gasteiger partial charge in [-0.05, 0) is 51.4 Å². The van der Waals surface area contributed by atoms with E-state index in [0.717, 1.165) is 37.4 Å². The summed E-state index contributed by atoms with van der Waals surface area (Å²) in [6, 6.07) is 8.78. The van der Waals surface area contributed by atoms with E-state index in [2.05, 4.69) is 16.4 Å². The summed E-state index contributed by atoms with van der Waals surface area (Å²) in [6.07, 6.45) is 2.97. The van der Waals surface area contributed by atoms with Crippen LogP contribution in [0.25, 0.3) is 0 Å². The number of amides is 1. The minimum atomic E-state index is -0.250. The van der Waals surface area contributed by atoms with Gasteiger partial charge in [0.15, 0.2) is 5.43 Å². The Morgan fingerprint density at radius 2 is 1.82 bits per heavy atom. The molecule has 1 amide bonds. The van der Waals surface area contributed by atoms with Crippen molar-refractivity contribution in [1.82, 2.24) is 14.4 Å². The Morgan fingerprint density at radius 3 is 2.48 bits per heavy atom. The molecule has 4 rings (SSSR count). The molecule has 33 heavy (non-hydrogen) atoms. The number of benzene rings is 1. The maximum atomic E-state index is 14.2. The molecule has 0 unspecified atom stereocenters. The van der Waals surface area contributed by atoms with Crippen molar-refractivity contribution < 1.29 is 9.18 Å². The smallest absolute Gasteiger partial charge is 0.259 e. The van der Waals surface area contributed by atoms with Crippen LogP contribution in [0, 0.1) is 12.7 Å². The molecule has 0 aliphatic carbocycles. The summed E-state index contributed by atoms with van der Waals surface area (Å²) < 4.78 is 16.4. The number of pyridine rings is 1. The molecule has 7 heteroatoms. The predicted molar refractivity (Wildman–Crippen MR) is 130 cm³/mol. The molecule has 178 valence electrons. The Kier molecular flexibility index (Phi) is 7.17. The first kappa shape index (κ1) is 23.5. The number of aryl methyl sites for hydroxylation is 1. The second-order valence-corrected chi connectivity index (χ2v) is 9.09. The lowest BCUT2D eigenvalue weighted by Gasteiger charge is -2.36. The van der Waals surface area contributed by atoms with E-state index in [1.807, 2.05) is 24.8 Å². The van der Waals surface area contributed by atoms with Gasteiger partial charge in [0.1, 0.15) is 11.4 Å². The van der Waals surface area contributed by atoms with Crippen molar-refractivity contribution in [3.63, 3.8) is 0 Å². The Hall–Kier alpha value is -2.67. The first-order chi connectivity index (χ1) is 15.9. The van der Waals surface area contributed by atoms with E-state index in [1.54, 1.807) is 23.1 Å². The van der Waals surface area contributed by atoms with Gasteiger partial charge in [0.25, 0.3) is 5.91 Å². The van der Waals surface area contributed by atoms with Crippen LogP contribution in [0.5, 0.6) is 0 Å². The number of nitrogens with zero attached hydrogens (tertiary/aromatic N) is 4. The number of anilines is 1. The molecule has 1 atom stereocenters. The van der Waals surface area contributed by atoms with Gasteiger partial charge >= 0.3 is 0 Å². The van der Waals surface area contributed by atoms with Crippen LogP contribution < -0.4 is 10.3 Å². The fraction of sp³-hybridized carbons (Fsp3) is 0.538. The summed E-state index contributed by atoms with van der Waals surface area (Å²) in [7, 11) is 0. The number of carbonyl (C=O) groups is 1. The second-order valence-electron chi connectivity index (χ2n) is 9.09. The molecule has 3 heterocycles. The molecular weight excluding hydrogens is 419 g/mol. The lowest BCUT2D eigenvalue weighted by atomic mass is 10.1. The van der Waals surface area contributed by atoms with Gasteiger partial charge in [-0.15, -0.1) is 0 Å². The Bertz CT molecular complexity index is 1060. The highest BCUT2D eigenvalue weighted by Crippen LogP contribution is 2.23. The molecule has 1 aromatic carbocycles. The van der Waals surface area contributed by atoms with Gasteiger partial charge < -0.3 is 14.4 Å². The van der Waals surface area contributed by atoms with E-state index in [9.17, 15) is 14.0 Å². The number of aromatic nitrogens is 1. The minimum Gasteiger partial charge on any atom is -0.366 e. The van der Waals surface area contributed by atoms with E-state index in [-0.39, 0.29) is 17.2 Å². The molecule has 0 radical (unpaired) electrons. The fourth-order valence-corrected chi connectivity index (χ4v) is 5.43. The summed E-state index contributed by atoms with van der Waals surface area (Å²) >= 11 is 0. The van der Waals surface area contributed by atoms with Gasteiger partial charge in [-0.1, -0.05) is 26.0 Å². The first-order valence-electron chi connectivity index (χ1n) is 12.2. The van der Waals surface area contributed by atoms with Crippen molar-refractivity contribution in [2.75, 3.05) is 44.2 Å². The quantitative estimate of drug-likeness (QED) is 0.672. The number of hydrogen-bond acceptors (Lipinski definition) is 4. The highest BCUT2D eigenvalue weighted by atomic mass is 19.1. The zero-order valence-electron chi connectivity index (χ0n) is 20.0. The van der Waals surface area contributed by atoms with Crippen LogP contribution in [-0.4, -0.2) is 65.6 Å².